The number of aromatic nitrogens is 5. The van der Waals surface area contributed by atoms with E-state index in [1.165, 1.54) is 18.6 Å². The molecule has 0 saturated heterocycles. The van der Waals surface area contributed by atoms with Crippen molar-refractivity contribution in [2.24, 2.45) is 7.05 Å². The van der Waals surface area contributed by atoms with Crippen LogP contribution in [-0.4, -0.2) is 37.8 Å². The fraction of sp³-hybridized carbons (Fsp3) is 0.286. The van der Waals surface area contributed by atoms with Crippen LogP contribution < -0.4 is 10.6 Å². The minimum atomic E-state index is -4.45. The van der Waals surface area contributed by atoms with E-state index in [9.17, 15) is 13.2 Å². The highest BCUT2D eigenvalue weighted by atomic mass is 19.4. The number of fused-ring (bicyclic) bond motifs is 1. The van der Waals surface area contributed by atoms with Gasteiger partial charge in [-0.05, 0) is 12.1 Å². The second-order valence-electron chi connectivity index (χ2n) is 4.98. The molecule has 0 aliphatic rings. The average molecular weight is 337 g/mol. The highest BCUT2D eigenvalue weighted by Gasteiger charge is 2.33. The van der Waals surface area contributed by atoms with Crippen LogP contribution in [0.25, 0.3) is 11.0 Å². The molecule has 0 amide bonds. The number of hydrogen-bond acceptors (Lipinski definition) is 6. The predicted molar refractivity (Wildman–Crippen MR) is 82.5 cm³/mol. The van der Waals surface area contributed by atoms with Gasteiger partial charge in [0.2, 0.25) is 0 Å². The van der Waals surface area contributed by atoms with E-state index in [-0.39, 0.29) is 12.4 Å². The fourth-order valence-electron chi connectivity index (χ4n) is 2.24. The van der Waals surface area contributed by atoms with Crippen molar-refractivity contribution in [3.63, 3.8) is 0 Å². The molecule has 3 rings (SSSR count). The normalized spacial score (nSPS) is 11.7. The molecule has 2 N–H and O–H groups in total. The van der Waals surface area contributed by atoms with Gasteiger partial charge in [-0.25, -0.2) is 15.0 Å². The Balaban J connectivity index is 1.64. The largest absolute Gasteiger partial charge is 0.419 e. The molecule has 0 aliphatic carbocycles. The summed E-state index contributed by atoms with van der Waals surface area (Å²) in [5, 5.41) is 10.6. The molecule has 0 radical (unpaired) electrons. The average Bonchev–Trinajstić information content (AvgIpc) is 2.93. The van der Waals surface area contributed by atoms with E-state index in [1.54, 1.807) is 17.9 Å². The number of nitrogens with zero attached hydrogens (tertiary/aromatic N) is 5. The summed E-state index contributed by atoms with van der Waals surface area (Å²) in [6.07, 6.45) is -0.0982. The lowest BCUT2D eigenvalue weighted by atomic mass is 10.2. The first kappa shape index (κ1) is 16.0. The summed E-state index contributed by atoms with van der Waals surface area (Å²) in [6, 6.07) is 2.25. The summed E-state index contributed by atoms with van der Waals surface area (Å²) in [5.41, 5.74) is -0.119. The number of aryl methyl sites for hydroxylation is 1. The van der Waals surface area contributed by atoms with E-state index in [4.69, 9.17) is 0 Å². The van der Waals surface area contributed by atoms with Gasteiger partial charge in [0.25, 0.3) is 0 Å². The van der Waals surface area contributed by atoms with Gasteiger partial charge < -0.3 is 10.6 Å². The van der Waals surface area contributed by atoms with Gasteiger partial charge in [-0.3, -0.25) is 4.68 Å². The maximum absolute atomic E-state index is 12.9. The van der Waals surface area contributed by atoms with E-state index < -0.39 is 11.7 Å². The van der Waals surface area contributed by atoms with Crippen LogP contribution in [0.15, 0.2) is 30.9 Å². The van der Waals surface area contributed by atoms with Crippen LogP contribution in [0.2, 0.25) is 0 Å². The van der Waals surface area contributed by atoms with Crippen molar-refractivity contribution in [3.05, 3.63) is 36.4 Å². The zero-order valence-electron chi connectivity index (χ0n) is 12.7. The second kappa shape index (κ2) is 6.30. The topological polar surface area (TPSA) is 80.5 Å². The van der Waals surface area contributed by atoms with Gasteiger partial charge in [-0.2, -0.15) is 18.3 Å². The first-order valence-corrected chi connectivity index (χ1v) is 7.09. The third-order valence-electron chi connectivity index (χ3n) is 3.35. The van der Waals surface area contributed by atoms with Gasteiger partial charge in [-0.15, -0.1) is 0 Å². The van der Waals surface area contributed by atoms with Crippen LogP contribution in [0.3, 0.4) is 0 Å². The number of pyridine rings is 1. The molecule has 0 aromatic carbocycles. The highest BCUT2D eigenvalue weighted by Crippen LogP contribution is 2.33. The third kappa shape index (κ3) is 3.21. The van der Waals surface area contributed by atoms with E-state index >= 15 is 0 Å². The third-order valence-corrected chi connectivity index (χ3v) is 3.35. The minimum absolute atomic E-state index is 0.194. The summed E-state index contributed by atoms with van der Waals surface area (Å²) >= 11 is 0. The number of halogens is 3. The molecule has 7 nitrogen and oxygen atoms in total. The zero-order valence-corrected chi connectivity index (χ0v) is 12.7. The van der Waals surface area contributed by atoms with Crippen molar-refractivity contribution in [2.75, 3.05) is 23.7 Å². The number of nitrogens with one attached hydrogen (secondary N) is 2. The number of hydrogen-bond donors (Lipinski definition) is 2. The molecule has 3 aromatic rings. The Morgan fingerprint density at radius 3 is 2.58 bits per heavy atom. The molecule has 0 spiro atoms. The standard InChI is InChI=1S/C14H14F3N7/c1-24-13-9(7-23-24)11(21-8-22-13)19-5-6-20-12-10(14(15,16)17)3-2-4-18-12/h2-4,7-8H,5-6H2,1H3,(H,18,20)(H,19,21,22). The molecule has 0 atom stereocenters. The predicted octanol–water partition coefficient (Wildman–Crippen LogP) is 2.30. The summed E-state index contributed by atoms with van der Waals surface area (Å²) in [7, 11) is 1.76. The molecule has 3 aromatic heterocycles. The van der Waals surface area contributed by atoms with E-state index in [0.29, 0.717) is 18.0 Å². The van der Waals surface area contributed by atoms with E-state index in [1.807, 2.05) is 0 Å². The van der Waals surface area contributed by atoms with Crippen molar-refractivity contribution in [1.29, 1.82) is 0 Å². The van der Waals surface area contributed by atoms with Crippen LogP contribution in [0, 0.1) is 0 Å². The Morgan fingerprint density at radius 2 is 1.83 bits per heavy atom. The van der Waals surface area contributed by atoms with E-state index in [0.717, 1.165) is 11.5 Å². The maximum Gasteiger partial charge on any atom is 0.419 e. The quantitative estimate of drug-likeness (QED) is 0.696. The lowest BCUT2D eigenvalue weighted by Crippen LogP contribution is -2.18. The van der Waals surface area contributed by atoms with Crippen molar-refractivity contribution in [1.82, 2.24) is 24.7 Å². The van der Waals surface area contributed by atoms with E-state index in [2.05, 4.69) is 30.7 Å². The van der Waals surface area contributed by atoms with Crippen molar-refractivity contribution < 1.29 is 13.2 Å². The van der Waals surface area contributed by atoms with Crippen LogP contribution >= 0.6 is 0 Å². The van der Waals surface area contributed by atoms with Gasteiger partial charge in [0.05, 0.1) is 17.1 Å². The summed E-state index contributed by atoms with van der Waals surface area (Å²) in [6.45, 7) is 0.598. The Bertz CT molecular complexity index is 844. The van der Waals surface area contributed by atoms with Crippen molar-refractivity contribution in [2.45, 2.75) is 6.18 Å². The second-order valence-corrected chi connectivity index (χ2v) is 4.98. The number of rotatable bonds is 5. The first-order valence-electron chi connectivity index (χ1n) is 7.09. The lowest BCUT2D eigenvalue weighted by molar-refractivity contribution is -0.137. The highest BCUT2D eigenvalue weighted by molar-refractivity contribution is 5.85. The summed E-state index contributed by atoms with van der Waals surface area (Å²) in [5.74, 6) is 0.382. The summed E-state index contributed by atoms with van der Waals surface area (Å²) in [4.78, 5) is 12.0. The molecule has 24 heavy (non-hydrogen) atoms. The fourth-order valence-corrected chi connectivity index (χ4v) is 2.24. The Kier molecular flexibility index (Phi) is 4.19. The van der Waals surface area contributed by atoms with Crippen LogP contribution in [-0.2, 0) is 13.2 Å². The molecule has 0 aliphatic heterocycles. The van der Waals surface area contributed by atoms with Crippen LogP contribution in [0.5, 0.6) is 0 Å². The smallest absolute Gasteiger partial charge is 0.368 e. The lowest BCUT2D eigenvalue weighted by Gasteiger charge is -2.13. The first-order chi connectivity index (χ1) is 11.5. The number of anilines is 2. The van der Waals surface area contributed by atoms with Gasteiger partial charge in [-0.1, -0.05) is 0 Å². The minimum Gasteiger partial charge on any atom is -0.368 e. The Hall–Kier alpha value is -2.91. The molecule has 10 heteroatoms. The SMILES string of the molecule is Cn1ncc2c(NCCNc3ncccc3C(F)(F)F)ncnc21. The van der Waals surface area contributed by atoms with Gasteiger partial charge >= 0.3 is 6.18 Å². The Labute approximate surface area is 134 Å². The van der Waals surface area contributed by atoms with Crippen molar-refractivity contribution in [3.8, 4) is 0 Å². The maximum atomic E-state index is 12.9. The molecule has 3 heterocycles. The summed E-state index contributed by atoms with van der Waals surface area (Å²) < 4.78 is 40.2. The number of alkyl halides is 3. The molecule has 0 unspecified atom stereocenters. The van der Waals surface area contributed by atoms with Crippen LogP contribution in [0.1, 0.15) is 5.56 Å². The molecule has 126 valence electrons. The molecular weight excluding hydrogens is 323 g/mol. The zero-order chi connectivity index (χ0) is 17.2. The molecular formula is C14H14F3N7. The van der Waals surface area contributed by atoms with Gasteiger partial charge in [0.1, 0.15) is 18.0 Å². The van der Waals surface area contributed by atoms with Gasteiger partial charge in [0, 0.05) is 26.3 Å². The van der Waals surface area contributed by atoms with Crippen molar-refractivity contribution >= 4 is 22.7 Å². The molecule has 0 fully saturated rings. The van der Waals surface area contributed by atoms with Gasteiger partial charge in [0.15, 0.2) is 5.65 Å². The molecule has 0 saturated carbocycles. The van der Waals surface area contributed by atoms with Crippen LogP contribution in [0.4, 0.5) is 24.8 Å². The Morgan fingerprint density at radius 1 is 1.08 bits per heavy atom. The monoisotopic (exact) mass is 337 g/mol. The molecule has 0 bridgehead atoms.